The lowest BCUT2D eigenvalue weighted by atomic mass is 9.89. The van der Waals surface area contributed by atoms with Gasteiger partial charge in [0.25, 0.3) is 0 Å². The molecule has 1 aliphatic heterocycles. The molecule has 1 aliphatic carbocycles. The van der Waals surface area contributed by atoms with Gasteiger partial charge in [-0.3, -0.25) is 4.79 Å². The normalized spacial score (nSPS) is 26.1. The number of rotatable bonds is 4. The number of carbonyl (C=O) groups is 1. The van der Waals surface area contributed by atoms with Gasteiger partial charge in [-0.15, -0.1) is 0 Å². The molecule has 0 radical (unpaired) electrons. The summed E-state index contributed by atoms with van der Waals surface area (Å²) in [5, 5.41) is 3.32. The third kappa shape index (κ3) is 3.98. The van der Waals surface area contributed by atoms with E-state index in [9.17, 15) is 4.79 Å². The molecule has 1 N–H and O–H groups in total. The van der Waals surface area contributed by atoms with Crippen molar-refractivity contribution in [3.8, 4) is 0 Å². The molecule has 1 saturated heterocycles. The number of likely N-dealkylation sites (tertiary alicyclic amines) is 1. The van der Waals surface area contributed by atoms with Gasteiger partial charge >= 0.3 is 0 Å². The van der Waals surface area contributed by atoms with Crippen LogP contribution in [0.4, 0.5) is 0 Å². The van der Waals surface area contributed by atoms with E-state index in [2.05, 4.69) is 24.1 Å². The summed E-state index contributed by atoms with van der Waals surface area (Å²) in [6.45, 7) is 7.09. The van der Waals surface area contributed by atoms with Crippen molar-refractivity contribution in [2.75, 3.05) is 19.6 Å². The average molecular weight is 238 g/mol. The van der Waals surface area contributed by atoms with Crippen molar-refractivity contribution in [3.05, 3.63) is 0 Å². The summed E-state index contributed by atoms with van der Waals surface area (Å²) in [4.78, 5) is 14.1. The number of nitrogens with one attached hydrogen (secondary N) is 1. The van der Waals surface area contributed by atoms with Crippen molar-refractivity contribution >= 4 is 5.91 Å². The minimum absolute atomic E-state index is 0.307. The van der Waals surface area contributed by atoms with Crippen molar-refractivity contribution in [3.63, 3.8) is 0 Å². The zero-order chi connectivity index (χ0) is 12.3. The summed E-state index contributed by atoms with van der Waals surface area (Å²) < 4.78 is 0. The molecular weight excluding hydrogens is 212 g/mol. The summed E-state index contributed by atoms with van der Waals surface area (Å²) in [6.07, 6.45) is 6.16. The second-order valence-corrected chi connectivity index (χ2v) is 5.97. The molecule has 0 aromatic rings. The van der Waals surface area contributed by atoms with E-state index < -0.39 is 0 Å². The molecular formula is C14H26N2O. The van der Waals surface area contributed by atoms with E-state index in [1.165, 1.54) is 32.1 Å². The molecule has 3 nitrogen and oxygen atoms in total. The van der Waals surface area contributed by atoms with Crippen LogP contribution in [0.15, 0.2) is 0 Å². The lowest BCUT2D eigenvalue weighted by Crippen LogP contribution is -2.39. The Kier molecular flexibility index (Phi) is 4.43. The number of nitrogens with zero attached hydrogens (tertiary/aromatic N) is 1. The van der Waals surface area contributed by atoms with Gasteiger partial charge in [0, 0.05) is 19.1 Å². The highest BCUT2D eigenvalue weighted by Crippen LogP contribution is 2.24. The van der Waals surface area contributed by atoms with Gasteiger partial charge in [-0.25, -0.2) is 0 Å². The maximum atomic E-state index is 12.0. The number of hydrogen-bond donors (Lipinski definition) is 1. The van der Waals surface area contributed by atoms with Crippen LogP contribution in [0, 0.1) is 11.8 Å². The molecule has 1 atom stereocenters. The third-order valence-corrected chi connectivity index (χ3v) is 4.19. The van der Waals surface area contributed by atoms with E-state index in [-0.39, 0.29) is 0 Å². The fourth-order valence-electron chi connectivity index (χ4n) is 2.67. The zero-order valence-corrected chi connectivity index (χ0v) is 11.2. The zero-order valence-electron chi connectivity index (χ0n) is 11.2. The van der Waals surface area contributed by atoms with E-state index >= 15 is 0 Å². The van der Waals surface area contributed by atoms with Crippen molar-refractivity contribution in [2.24, 2.45) is 11.8 Å². The molecule has 17 heavy (non-hydrogen) atoms. The molecule has 3 heteroatoms. The SMILES string of the molecule is CC(C)C1CCCN(C(=O)CNC2CC2)CC1. The number of hydrogen-bond acceptors (Lipinski definition) is 2. The van der Waals surface area contributed by atoms with E-state index in [0.29, 0.717) is 18.5 Å². The van der Waals surface area contributed by atoms with Gasteiger partial charge in [0.05, 0.1) is 6.54 Å². The van der Waals surface area contributed by atoms with Crippen molar-refractivity contribution in [1.82, 2.24) is 10.2 Å². The first-order valence-corrected chi connectivity index (χ1v) is 7.18. The van der Waals surface area contributed by atoms with Crippen LogP contribution in [0.25, 0.3) is 0 Å². The summed E-state index contributed by atoms with van der Waals surface area (Å²) in [5.41, 5.74) is 0. The number of carbonyl (C=O) groups excluding carboxylic acids is 1. The van der Waals surface area contributed by atoms with E-state index in [1.54, 1.807) is 0 Å². The van der Waals surface area contributed by atoms with Crippen LogP contribution >= 0.6 is 0 Å². The Labute approximate surface area is 105 Å². The fraction of sp³-hybridized carbons (Fsp3) is 0.929. The molecule has 2 rings (SSSR count). The average Bonchev–Trinajstić information content (AvgIpc) is 3.12. The van der Waals surface area contributed by atoms with Crippen LogP contribution in [0.5, 0.6) is 0 Å². The topological polar surface area (TPSA) is 32.3 Å². The van der Waals surface area contributed by atoms with Crippen molar-refractivity contribution in [2.45, 2.75) is 52.0 Å². The fourth-order valence-corrected chi connectivity index (χ4v) is 2.67. The molecule has 2 fully saturated rings. The summed E-state index contributed by atoms with van der Waals surface area (Å²) in [7, 11) is 0. The van der Waals surface area contributed by atoms with Gasteiger partial charge in [0.1, 0.15) is 0 Å². The number of amides is 1. The van der Waals surface area contributed by atoms with Crippen LogP contribution in [0.1, 0.15) is 46.0 Å². The maximum Gasteiger partial charge on any atom is 0.236 e. The van der Waals surface area contributed by atoms with Gasteiger partial charge in [-0.2, -0.15) is 0 Å². The molecule has 0 aromatic heterocycles. The van der Waals surface area contributed by atoms with Crippen LogP contribution < -0.4 is 5.32 Å². The second kappa shape index (κ2) is 5.85. The lowest BCUT2D eigenvalue weighted by molar-refractivity contribution is -0.130. The summed E-state index contributed by atoms with van der Waals surface area (Å²) >= 11 is 0. The van der Waals surface area contributed by atoms with Gasteiger partial charge < -0.3 is 10.2 Å². The molecule has 98 valence electrons. The molecule has 1 saturated carbocycles. The third-order valence-electron chi connectivity index (χ3n) is 4.19. The first kappa shape index (κ1) is 12.9. The summed E-state index contributed by atoms with van der Waals surface area (Å²) in [6, 6.07) is 0.634. The predicted octanol–water partition coefficient (Wildman–Crippen LogP) is 2.02. The first-order chi connectivity index (χ1) is 8.16. The first-order valence-electron chi connectivity index (χ1n) is 7.18. The van der Waals surface area contributed by atoms with Crippen LogP contribution in [0.2, 0.25) is 0 Å². The van der Waals surface area contributed by atoms with E-state index in [1.807, 2.05) is 0 Å². The highest BCUT2D eigenvalue weighted by Gasteiger charge is 2.25. The molecule has 0 aromatic carbocycles. The second-order valence-electron chi connectivity index (χ2n) is 5.97. The molecule has 2 aliphatic rings. The standard InChI is InChI=1S/C14H26N2O/c1-11(2)12-4-3-8-16(9-7-12)14(17)10-15-13-5-6-13/h11-13,15H,3-10H2,1-2H3. The Balaban J connectivity index is 1.74. The van der Waals surface area contributed by atoms with E-state index in [4.69, 9.17) is 0 Å². The summed E-state index contributed by atoms with van der Waals surface area (Å²) in [5.74, 6) is 1.88. The maximum absolute atomic E-state index is 12.0. The minimum atomic E-state index is 0.307. The Bertz CT molecular complexity index is 261. The molecule has 0 bridgehead atoms. The smallest absolute Gasteiger partial charge is 0.236 e. The molecule has 1 unspecified atom stereocenters. The quantitative estimate of drug-likeness (QED) is 0.812. The van der Waals surface area contributed by atoms with Crippen molar-refractivity contribution in [1.29, 1.82) is 0 Å². The van der Waals surface area contributed by atoms with E-state index in [0.717, 1.165) is 24.9 Å². The minimum Gasteiger partial charge on any atom is -0.342 e. The highest BCUT2D eigenvalue weighted by molar-refractivity contribution is 5.78. The highest BCUT2D eigenvalue weighted by atomic mass is 16.2. The van der Waals surface area contributed by atoms with Gasteiger partial charge in [0.15, 0.2) is 0 Å². The lowest BCUT2D eigenvalue weighted by Gasteiger charge is -2.21. The Morgan fingerprint density at radius 2 is 2.00 bits per heavy atom. The van der Waals surface area contributed by atoms with Crippen LogP contribution in [0.3, 0.4) is 0 Å². The van der Waals surface area contributed by atoms with Gasteiger partial charge in [-0.1, -0.05) is 13.8 Å². The molecule has 1 heterocycles. The largest absolute Gasteiger partial charge is 0.342 e. The monoisotopic (exact) mass is 238 g/mol. The Morgan fingerprint density at radius 1 is 1.24 bits per heavy atom. The van der Waals surface area contributed by atoms with Gasteiger partial charge in [0.2, 0.25) is 5.91 Å². The Morgan fingerprint density at radius 3 is 2.65 bits per heavy atom. The predicted molar refractivity (Wildman–Crippen MR) is 69.8 cm³/mol. The van der Waals surface area contributed by atoms with Gasteiger partial charge in [-0.05, 0) is 43.9 Å². The van der Waals surface area contributed by atoms with Crippen LogP contribution in [-0.2, 0) is 4.79 Å². The van der Waals surface area contributed by atoms with Crippen molar-refractivity contribution < 1.29 is 4.79 Å². The molecule has 0 spiro atoms. The van der Waals surface area contributed by atoms with Crippen LogP contribution in [-0.4, -0.2) is 36.5 Å². The molecule has 1 amide bonds. The Hall–Kier alpha value is -0.570.